The standard InChI is InChI=1S/C8H14ClN3/c1-4-6(2)7(3)12-5-10-11-8(12)9/h5-7H,4H2,1-3H3. The Bertz CT molecular complexity index is 246. The topological polar surface area (TPSA) is 30.7 Å². The summed E-state index contributed by atoms with van der Waals surface area (Å²) in [7, 11) is 0. The number of aromatic nitrogens is 3. The third-order valence-corrected chi connectivity index (χ3v) is 2.71. The van der Waals surface area contributed by atoms with Crippen molar-refractivity contribution in [3.63, 3.8) is 0 Å². The second kappa shape index (κ2) is 3.90. The molecule has 1 aromatic rings. The second-order valence-electron chi connectivity index (χ2n) is 3.13. The summed E-state index contributed by atoms with van der Waals surface area (Å²) in [5, 5.41) is 7.95. The molecule has 3 nitrogen and oxygen atoms in total. The van der Waals surface area contributed by atoms with E-state index >= 15 is 0 Å². The van der Waals surface area contributed by atoms with Crippen molar-refractivity contribution >= 4 is 11.6 Å². The molecular formula is C8H14ClN3. The molecule has 0 saturated carbocycles. The maximum atomic E-state index is 5.83. The number of hydrogen-bond acceptors (Lipinski definition) is 2. The molecule has 1 rings (SSSR count). The van der Waals surface area contributed by atoms with Gasteiger partial charge in [0, 0.05) is 6.04 Å². The highest BCUT2D eigenvalue weighted by Crippen LogP contribution is 2.22. The SMILES string of the molecule is CCC(C)C(C)n1cnnc1Cl. The maximum absolute atomic E-state index is 5.83. The molecule has 12 heavy (non-hydrogen) atoms. The first-order chi connectivity index (χ1) is 5.66. The molecule has 0 bridgehead atoms. The van der Waals surface area contributed by atoms with Crippen LogP contribution in [0, 0.1) is 5.92 Å². The third kappa shape index (κ3) is 1.78. The smallest absolute Gasteiger partial charge is 0.225 e. The predicted octanol–water partition coefficient (Wildman–Crippen LogP) is 2.54. The average Bonchev–Trinajstić information content (AvgIpc) is 2.48. The van der Waals surface area contributed by atoms with Gasteiger partial charge in [-0.2, -0.15) is 0 Å². The van der Waals surface area contributed by atoms with Gasteiger partial charge in [-0.1, -0.05) is 20.3 Å². The summed E-state index contributed by atoms with van der Waals surface area (Å²) < 4.78 is 1.90. The molecule has 0 N–H and O–H groups in total. The van der Waals surface area contributed by atoms with Crippen LogP contribution < -0.4 is 0 Å². The number of halogens is 1. The summed E-state index contributed by atoms with van der Waals surface area (Å²) in [6.45, 7) is 6.49. The minimum absolute atomic E-state index is 0.373. The summed E-state index contributed by atoms with van der Waals surface area (Å²) in [5.74, 6) is 0.596. The fourth-order valence-electron chi connectivity index (χ4n) is 1.12. The molecule has 68 valence electrons. The van der Waals surface area contributed by atoms with E-state index in [0.717, 1.165) is 6.42 Å². The highest BCUT2D eigenvalue weighted by Gasteiger charge is 2.14. The maximum Gasteiger partial charge on any atom is 0.225 e. The van der Waals surface area contributed by atoms with Crippen LogP contribution in [0.5, 0.6) is 0 Å². The Labute approximate surface area is 77.8 Å². The van der Waals surface area contributed by atoms with Crippen molar-refractivity contribution in [3.8, 4) is 0 Å². The van der Waals surface area contributed by atoms with Gasteiger partial charge in [-0.3, -0.25) is 0 Å². The van der Waals surface area contributed by atoms with Crippen LogP contribution in [-0.4, -0.2) is 14.8 Å². The van der Waals surface area contributed by atoms with E-state index in [0.29, 0.717) is 17.2 Å². The molecule has 0 aliphatic carbocycles. The summed E-state index contributed by atoms with van der Waals surface area (Å²) in [6, 6.07) is 0.373. The lowest BCUT2D eigenvalue weighted by Gasteiger charge is -2.19. The molecule has 0 aliphatic heterocycles. The van der Waals surface area contributed by atoms with Crippen LogP contribution in [0.4, 0.5) is 0 Å². The van der Waals surface area contributed by atoms with Crippen LogP contribution in [-0.2, 0) is 0 Å². The third-order valence-electron chi connectivity index (χ3n) is 2.44. The molecular weight excluding hydrogens is 174 g/mol. The highest BCUT2D eigenvalue weighted by molar-refractivity contribution is 6.28. The molecule has 1 heterocycles. The molecule has 0 amide bonds. The van der Waals surface area contributed by atoms with Gasteiger partial charge in [0.2, 0.25) is 5.28 Å². The lowest BCUT2D eigenvalue weighted by Crippen LogP contribution is -2.12. The van der Waals surface area contributed by atoms with Crippen molar-refractivity contribution in [2.45, 2.75) is 33.2 Å². The largest absolute Gasteiger partial charge is 0.301 e. The molecule has 0 saturated heterocycles. The van der Waals surface area contributed by atoms with Crippen LogP contribution in [0.15, 0.2) is 6.33 Å². The van der Waals surface area contributed by atoms with E-state index in [2.05, 4.69) is 31.0 Å². The Morgan fingerprint density at radius 3 is 2.67 bits per heavy atom. The van der Waals surface area contributed by atoms with Crippen LogP contribution >= 0.6 is 11.6 Å². The van der Waals surface area contributed by atoms with Crippen molar-refractivity contribution < 1.29 is 0 Å². The average molecular weight is 188 g/mol. The Morgan fingerprint density at radius 2 is 2.25 bits per heavy atom. The van der Waals surface area contributed by atoms with E-state index in [1.54, 1.807) is 6.33 Å². The first-order valence-electron chi connectivity index (χ1n) is 4.21. The Balaban J connectivity index is 2.77. The fraction of sp³-hybridized carbons (Fsp3) is 0.750. The van der Waals surface area contributed by atoms with E-state index < -0.39 is 0 Å². The lowest BCUT2D eigenvalue weighted by atomic mass is 10.0. The summed E-state index contributed by atoms with van der Waals surface area (Å²) in [5.41, 5.74) is 0. The van der Waals surface area contributed by atoms with E-state index in [1.165, 1.54) is 0 Å². The molecule has 0 aromatic carbocycles. The summed E-state index contributed by atoms with van der Waals surface area (Å²) >= 11 is 5.83. The molecule has 0 aliphatic rings. The molecule has 0 radical (unpaired) electrons. The van der Waals surface area contributed by atoms with Gasteiger partial charge in [0.15, 0.2) is 0 Å². The van der Waals surface area contributed by atoms with Gasteiger partial charge < -0.3 is 4.57 Å². The van der Waals surface area contributed by atoms with Crippen LogP contribution in [0.3, 0.4) is 0 Å². The van der Waals surface area contributed by atoms with Crippen LogP contribution in [0.25, 0.3) is 0 Å². The van der Waals surface area contributed by atoms with Crippen molar-refractivity contribution in [2.24, 2.45) is 5.92 Å². The van der Waals surface area contributed by atoms with Gasteiger partial charge in [-0.05, 0) is 24.4 Å². The van der Waals surface area contributed by atoms with Crippen LogP contribution in [0.2, 0.25) is 5.28 Å². The molecule has 0 spiro atoms. The quantitative estimate of drug-likeness (QED) is 0.728. The Hall–Kier alpha value is -0.570. The zero-order valence-corrected chi connectivity index (χ0v) is 8.41. The number of nitrogens with zero attached hydrogens (tertiary/aromatic N) is 3. The van der Waals surface area contributed by atoms with Gasteiger partial charge in [0.1, 0.15) is 6.33 Å². The van der Waals surface area contributed by atoms with E-state index in [9.17, 15) is 0 Å². The van der Waals surface area contributed by atoms with Gasteiger partial charge in [0.05, 0.1) is 0 Å². The second-order valence-corrected chi connectivity index (χ2v) is 3.47. The van der Waals surface area contributed by atoms with Crippen LogP contribution in [0.1, 0.15) is 33.2 Å². The number of rotatable bonds is 3. The first-order valence-corrected chi connectivity index (χ1v) is 4.59. The van der Waals surface area contributed by atoms with Gasteiger partial charge >= 0.3 is 0 Å². The fourth-order valence-corrected chi connectivity index (χ4v) is 1.36. The van der Waals surface area contributed by atoms with Gasteiger partial charge in [-0.15, -0.1) is 10.2 Å². The van der Waals surface area contributed by atoms with E-state index in [1.807, 2.05) is 4.57 Å². The Morgan fingerprint density at radius 1 is 1.58 bits per heavy atom. The monoisotopic (exact) mass is 187 g/mol. The van der Waals surface area contributed by atoms with Crippen molar-refractivity contribution in [3.05, 3.63) is 11.6 Å². The Kier molecular flexibility index (Phi) is 3.09. The minimum Gasteiger partial charge on any atom is -0.301 e. The zero-order valence-electron chi connectivity index (χ0n) is 7.66. The molecule has 4 heteroatoms. The van der Waals surface area contributed by atoms with E-state index in [4.69, 9.17) is 11.6 Å². The summed E-state index contributed by atoms with van der Waals surface area (Å²) in [4.78, 5) is 0. The van der Waals surface area contributed by atoms with Gasteiger partial charge in [0.25, 0.3) is 0 Å². The first kappa shape index (κ1) is 9.52. The van der Waals surface area contributed by atoms with Gasteiger partial charge in [-0.25, -0.2) is 0 Å². The lowest BCUT2D eigenvalue weighted by molar-refractivity contribution is 0.369. The minimum atomic E-state index is 0.373. The number of hydrogen-bond donors (Lipinski definition) is 0. The van der Waals surface area contributed by atoms with E-state index in [-0.39, 0.29) is 0 Å². The molecule has 2 atom stereocenters. The zero-order chi connectivity index (χ0) is 9.14. The predicted molar refractivity (Wildman–Crippen MR) is 49.2 cm³/mol. The van der Waals surface area contributed by atoms with Crippen molar-refractivity contribution in [2.75, 3.05) is 0 Å². The molecule has 2 unspecified atom stereocenters. The van der Waals surface area contributed by atoms with Crippen molar-refractivity contribution in [1.82, 2.24) is 14.8 Å². The summed E-state index contributed by atoms with van der Waals surface area (Å²) in [6.07, 6.45) is 2.81. The van der Waals surface area contributed by atoms with Crippen molar-refractivity contribution in [1.29, 1.82) is 0 Å². The molecule has 1 aromatic heterocycles. The highest BCUT2D eigenvalue weighted by atomic mass is 35.5. The molecule has 0 fully saturated rings. The normalized spacial score (nSPS) is 16.0.